The van der Waals surface area contributed by atoms with Gasteiger partial charge in [0, 0.05) is 13.1 Å². The van der Waals surface area contributed by atoms with Crippen molar-refractivity contribution in [3.05, 3.63) is 0 Å². The second kappa shape index (κ2) is 6.55. The Balaban J connectivity index is 1.68. The second-order valence-corrected chi connectivity index (χ2v) is 6.57. The van der Waals surface area contributed by atoms with E-state index in [1.54, 1.807) is 0 Å². The second-order valence-electron chi connectivity index (χ2n) is 6.57. The monoisotopic (exact) mass is 252 g/mol. The molecule has 104 valence electrons. The molecular formula is C15H28N2O. The molecule has 2 fully saturated rings. The van der Waals surface area contributed by atoms with Gasteiger partial charge in [0.05, 0.1) is 5.92 Å². The van der Waals surface area contributed by atoms with Gasteiger partial charge >= 0.3 is 0 Å². The zero-order valence-electron chi connectivity index (χ0n) is 11.9. The van der Waals surface area contributed by atoms with Gasteiger partial charge in [-0.2, -0.15) is 0 Å². The van der Waals surface area contributed by atoms with Crippen LogP contribution in [0.15, 0.2) is 0 Å². The van der Waals surface area contributed by atoms with Crippen LogP contribution in [0.25, 0.3) is 0 Å². The predicted molar refractivity (Wildman–Crippen MR) is 74.3 cm³/mol. The van der Waals surface area contributed by atoms with Crippen LogP contribution < -0.4 is 10.6 Å². The van der Waals surface area contributed by atoms with E-state index in [4.69, 9.17) is 0 Å². The van der Waals surface area contributed by atoms with Crippen LogP contribution in [0.3, 0.4) is 0 Å². The summed E-state index contributed by atoms with van der Waals surface area (Å²) in [6, 6.07) is 0. The van der Waals surface area contributed by atoms with Crippen LogP contribution >= 0.6 is 0 Å². The number of rotatable bonds is 3. The van der Waals surface area contributed by atoms with Crippen LogP contribution in [0.1, 0.15) is 46.0 Å². The van der Waals surface area contributed by atoms with E-state index in [0.29, 0.717) is 5.92 Å². The van der Waals surface area contributed by atoms with E-state index in [-0.39, 0.29) is 11.8 Å². The van der Waals surface area contributed by atoms with Gasteiger partial charge in [-0.25, -0.2) is 0 Å². The van der Waals surface area contributed by atoms with E-state index in [0.717, 1.165) is 37.9 Å². The Hall–Kier alpha value is -0.570. The first-order valence-corrected chi connectivity index (χ1v) is 7.63. The molecule has 2 rings (SSSR count). The summed E-state index contributed by atoms with van der Waals surface area (Å²) in [7, 11) is 0. The van der Waals surface area contributed by atoms with Crippen molar-refractivity contribution in [1.82, 2.24) is 10.6 Å². The number of carbonyl (C=O) groups is 1. The molecule has 18 heavy (non-hydrogen) atoms. The fraction of sp³-hybridized carbons (Fsp3) is 0.933. The molecule has 0 spiro atoms. The van der Waals surface area contributed by atoms with Gasteiger partial charge in [0.15, 0.2) is 0 Å². The summed E-state index contributed by atoms with van der Waals surface area (Å²) in [5.74, 6) is 2.70. The Morgan fingerprint density at radius 3 is 2.50 bits per heavy atom. The van der Waals surface area contributed by atoms with Crippen molar-refractivity contribution in [1.29, 1.82) is 0 Å². The quantitative estimate of drug-likeness (QED) is 0.808. The van der Waals surface area contributed by atoms with Crippen molar-refractivity contribution < 1.29 is 4.79 Å². The first kappa shape index (κ1) is 13.9. The number of carbonyl (C=O) groups excluding carboxylic acids is 1. The van der Waals surface area contributed by atoms with E-state index in [9.17, 15) is 4.79 Å². The van der Waals surface area contributed by atoms with Crippen molar-refractivity contribution in [3.63, 3.8) is 0 Å². The van der Waals surface area contributed by atoms with E-state index >= 15 is 0 Å². The van der Waals surface area contributed by atoms with Crippen molar-refractivity contribution in [3.8, 4) is 0 Å². The van der Waals surface area contributed by atoms with Gasteiger partial charge in [0.2, 0.25) is 5.91 Å². The summed E-state index contributed by atoms with van der Waals surface area (Å²) in [5, 5.41) is 6.53. The lowest BCUT2D eigenvalue weighted by molar-refractivity contribution is -0.126. The maximum atomic E-state index is 12.1. The highest BCUT2D eigenvalue weighted by Crippen LogP contribution is 2.27. The minimum atomic E-state index is 0.191. The molecule has 2 N–H and O–H groups in total. The van der Waals surface area contributed by atoms with Crippen LogP contribution in [0.2, 0.25) is 0 Å². The molecule has 0 aromatic carbocycles. The van der Waals surface area contributed by atoms with Gasteiger partial charge in [0.1, 0.15) is 0 Å². The van der Waals surface area contributed by atoms with E-state index in [1.807, 2.05) is 0 Å². The molecule has 1 saturated heterocycles. The Labute approximate surface area is 111 Å². The largest absolute Gasteiger partial charge is 0.356 e. The van der Waals surface area contributed by atoms with Crippen molar-refractivity contribution in [2.24, 2.45) is 23.7 Å². The number of piperidine rings is 1. The molecular weight excluding hydrogens is 224 g/mol. The predicted octanol–water partition coefficient (Wildman–Crippen LogP) is 2.17. The molecule has 1 saturated carbocycles. The molecule has 0 radical (unpaired) electrons. The van der Waals surface area contributed by atoms with Gasteiger partial charge < -0.3 is 10.6 Å². The third-order valence-electron chi connectivity index (χ3n) is 4.64. The molecule has 1 aliphatic heterocycles. The summed E-state index contributed by atoms with van der Waals surface area (Å²) in [6.45, 7) is 7.37. The lowest BCUT2D eigenvalue weighted by Gasteiger charge is -2.29. The average Bonchev–Trinajstić information content (AvgIpc) is 2.38. The average molecular weight is 252 g/mol. The number of hydrogen-bond acceptors (Lipinski definition) is 2. The topological polar surface area (TPSA) is 41.1 Å². The first-order valence-electron chi connectivity index (χ1n) is 7.63. The SMILES string of the molecule is CC1CCC(CNC(=O)C2CNCC(C)C2)CC1. The van der Waals surface area contributed by atoms with Crippen LogP contribution in [-0.4, -0.2) is 25.5 Å². The molecule has 3 heteroatoms. The van der Waals surface area contributed by atoms with Gasteiger partial charge in [-0.3, -0.25) is 4.79 Å². The zero-order chi connectivity index (χ0) is 13.0. The van der Waals surface area contributed by atoms with E-state index in [2.05, 4.69) is 24.5 Å². The normalized spacial score (nSPS) is 37.2. The van der Waals surface area contributed by atoms with Gasteiger partial charge in [-0.1, -0.05) is 26.7 Å². The summed E-state index contributed by atoms with van der Waals surface area (Å²) in [6.07, 6.45) is 6.30. The summed E-state index contributed by atoms with van der Waals surface area (Å²) in [4.78, 5) is 12.1. The Kier molecular flexibility index (Phi) is 5.04. The molecule has 2 atom stereocenters. The number of nitrogens with one attached hydrogen (secondary N) is 2. The van der Waals surface area contributed by atoms with Crippen LogP contribution in [0.5, 0.6) is 0 Å². The molecule has 1 amide bonds. The fourth-order valence-corrected chi connectivity index (χ4v) is 3.28. The van der Waals surface area contributed by atoms with Gasteiger partial charge in [-0.05, 0) is 43.6 Å². The lowest BCUT2D eigenvalue weighted by atomic mass is 9.83. The minimum absolute atomic E-state index is 0.191. The summed E-state index contributed by atoms with van der Waals surface area (Å²) < 4.78 is 0. The fourth-order valence-electron chi connectivity index (χ4n) is 3.28. The standard InChI is InChI=1S/C15H28N2O/c1-11-3-5-13(6-4-11)9-17-15(18)14-7-12(2)8-16-10-14/h11-14,16H,3-10H2,1-2H3,(H,17,18). The molecule has 0 aromatic heterocycles. The zero-order valence-corrected chi connectivity index (χ0v) is 11.9. The van der Waals surface area contributed by atoms with E-state index in [1.165, 1.54) is 25.7 Å². The molecule has 0 bridgehead atoms. The maximum absolute atomic E-state index is 12.1. The first-order chi connectivity index (χ1) is 8.65. The highest BCUT2D eigenvalue weighted by atomic mass is 16.1. The Morgan fingerprint density at radius 1 is 1.11 bits per heavy atom. The van der Waals surface area contributed by atoms with Crippen molar-refractivity contribution in [2.75, 3.05) is 19.6 Å². The molecule has 1 heterocycles. The highest BCUT2D eigenvalue weighted by molar-refractivity contribution is 5.79. The Morgan fingerprint density at radius 2 is 1.83 bits per heavy atom. The molecule has 3 nitrogen and oxygen atoms in total. The number of amides is 1. The third kappa shape index (κ3) is 3.98. The van der Waals surface area contributed by atoms with Crippen LogP contribution in [0.4, 0.5) is 0 Å². The van der Waals surface area contributed by atoms with Gasteiger partial charge in [-0.15, -0.1) is 0 Å². The Bertz CT molecular complexity index is 272. The summed E-state index contributed by atoms with van der Waals surface area (Å²) >= 11 is 0. The maximum Gasteiger partial charge on any atom is 0.224 e. The molecule has 2 unspecified atom stereocenters. The smallest absolute Gasteiger partial charge is 0.224 e. The molecule has 0 aromatic rings. The van der Waals surface area contributed by atoms with Crippen LogP contribution in [0, 0.1) is 23.7 Å². The minimum Gasteiger partial charge on any atom is -0.356 e. The lowest BCUT2D eigenvalue weighted by Crippen LogP contribution is -2.44. The highest BCUT2D eigenvalue weighted by Gasteiger charge is 2.25. The molecule has 1 aliphatic carbocycles. The molecule has 2 aliphatic rings. The third-order valence-corrected chi connectivity index (χ3v) is 4.64. The van der Waals surface area contributed by atoms with E-state index < -0.39 is 0 Å². The van der Waals surface area contributed by atoms with Gasteiger partial charge in [0.25, 0.3) is 0 Å². The van der Waals surface area contributed by atoms with Crippen molar-refractivity contribution >= 4 is 5.91 Å². The summed E-state index contributed by atoms with van der Waals surface area (Å²) in [5.41, 5.74) is 0. The van der Waals surface area contributed by atoms with Crippen molar-refractivity contribution in [2.45, 2.75) is 46.0 Å². The number of hydrogen-bond donors (Lipinski definition) is 2. The van der Waals surface area contributed by atoms with Crippen LogP contribution in [-0.2, 0) is 4.79 Å².